The normalized spacial score (nSPS) is 18.9. The number of aromatic nitrogens is 2. The summed E-state index contributed by atoms with van der Waals surface area (Å²) in [5.41, 5.74) is 10.4. The molecule has 3 atom stereocenters. The lowest BCUT2D eigenvalue weighted by Crippen LogP contribution is -2.39. The predicted octanol–water partition coefficient (Wildman–Crippen LogP) is 5.36. The number of alkyl halides is 2. The number of hydrogen-bond acceptors (Lipinski definition) is 8. The minimum atomic E-state index is -2.40. The van der Waals surface area contributed by atoms with Crippen LogP contribution in [0.5, 0.6) is 0 Å². The van der Waals surface area contributed by atoms with Crippen LogP contribution in [0, 0.1) is 47.9 Å². The first-order chi connectivity index (χ1) is 19.5. The van der Waals surface area contributed by atoms with E-state index in [1.165, 1.54) is 6.07 Å². The molecule has 0 spiro atoms. The van der Waals surface area contributed by atoms with Gasteiger partial charge in [0.2, 0.25) is 12.4 Å². The van der Waals surface area contributed by atoms with Crippen LogP contribution in [0.2, 0.25) is 0 Å². The number of rotatable bonds is 8. The van der Waals surface area contributed by atoms with Crippen LogP contribution in [-0.4, -0.2) is 34.0 Å². The predicted molar refractivity (Wildman–Crippen MR) is 152 cm³/mol. The Bertz CT molecular complexity index is 1600. The summed E-state index contributed by atoms with van der Waals surface area (Å²) < 4.78 is 40.4. The van der Waals surface area contributed by atoms with Crippen LogP contribution in [0.15, 0.2) is 42.4 Å². The van der Waals surface area contributed by atoms with Gasteiger partial charge in [0.05, 0.1) is 40.1 Å². The van der Waals surface area contributed by atoms with Crippen LogP contribution in [0.1, 0.15) is 55.6 Å². The molecule has 3 heterocycles. The van der Waals surface area contributed by atoms with Crippen LogP contribution in [0.4, 0.5) is 24.5 Å². The third kappa shape index (κ3) is 5.86. The van der Waals surface area contributed by atoms with Gasteiger partial charge in [-0.25, -0.2) is 13.8 Å². The van der Waals surface area contributed by atoms with E-state index < -0.39 is 24.3 Å². The summed E-state index contributed by atoms with van der Waals surface area (Å²) >= 11 is 0. The Morgan fingerprint density at radius 2 is 2.02 bits per heavy atom. The number of hydrazine groups is 2. The van der Waals surface area contributed by atoms with Crippen molar-refractivity contribution in [2.75, 3.05) is 17.2 Å². The van der Waals surface area contributed by atoms with Crippen molar-refractivity contribution in [1.29, 1.82) is 5.26 Å². The molecule has 2 aromatic heterocycles. The lowest BCUT2D eigenvalue weighted by atomic mass is 9.96. The molecule has 11 heteroatoms. The number of halogens is 3. The van der Waals surface area contributed by atoms with Gasteiger partial charge in [-0.2, -0.15) is 9.65 Å². The van der Waals surface area contributed by atoms with E-state index in [1.807, 2.05) is 6.07 Å². The Morgan fingerprint density at radius 3 is 2.66 bits per heavy atom. The maximum Gasteiger partial charge on any atom is 0.243 e. The molecule has 0 bridgehead atoms. The second-order valence-electron chi connectivity index (χ2n) is 11.6. The number of terminal acetylenes is 1. The molecule has 41 heavy (non-hydrogen) atoms. The standard InChI is InChI=1S/C30H31F3N8/c1-6-17-13-35-27-18(12-34)9-19(10-22(27)26(17)36-15-30(3,4)5)38-28(20-7-8-25(31)37-16(20)2)23-14-41(40-39-23)24-11-21(24)29(32)33/h1,7-10,13-14,21,24,28-29,38-40H,11,15H2,2-5H3,(H,35,36)/t21?,24?,28-/m0/s1. The minimum Gasteiger partial charge on any atom is -0.383 e. The number of benzene rings is 1. The monoisotopic (exact) mass is 560 g/mol. The largest absolute Gasteiger partial charge is 0.383 e. The molecule has 1 aromatic carbocycles. The van der Waals surface area contributed by atoms with Crippen molar-refractivity contribution in [3.63, 3.8) is 0 Å². The molecule has 3 aromatic rings. The number of nitriles is 1. The van der Waals surface area contributed by atoms with Gasteiger partial charge < -0.3 is 16.1 Å². The lowest BCUT2D eigenvalue weighted by molar-refractivity contribution is 0.104. The summed E-state index contributed by atoms with van der Waals surface area (Å²) in [6.45, 7) is 8.62. The van der Waals surface area contributed by atoms with Gasteiger partial charge in [-0.15, -0.1) is 12.0 Å². The molecule has 5 rings (SSSR count). The summed E-state index contributed by atoms with van der Waals surface area (Å²) in [7, 11) is 0. The number of aryl methyl sites for hydroxylation is 1. The average Bonchev–Trinajstić information content (AvgIpc) is 3.59. The molecule has 4 N–H and O–H groups in total. The van der Waals surface area contributed by atoms with Crippen molar-refractivity contribution in [3.8, 4) is 18.4 Å². The molecule has 8 nitrogen and oxygen atoms in total. The molecule has 0 saturated heterocycles. The van der Waals surface area contributed by atoms with Crippen LogP contribution in [0.3, 0.4) is 0 Å². The highest BCUT2D eigenvalue weighted by atomic mass is 19.3. The number of nitrogens with zero attached hydrogens (tertiary/aromatic N) is 4. The quantitative estimate of drug-likeness (QED) is 0.216. The zero-order valence-electron chi connectivity index (χ0n) is 23.2. The van der Waals surface area contributed by atoms with Crippen LogP contribution in [-0.2, 0) is 0 Å². The molecular formula is C30H31F3N8. The minimum absolute atomic E-state index is 0.0437. The summed E-state index contributed by atoms with van der Waals surface area (Å²) in [4.78, 5) is 8.47. The third-order valence-electron chi connectivity index (χ3n) is 7.16. The van der Waals surface area contributed by atoms with Crippen LogP contribution >= 0.6 is 0 Å². The van der Waals surface area contributed by atoms with Gasteiger partial charge in [-0.3, -0.25) is 9.99 Å². The zero-order valence-corrected chi connectivity index (χ0v) is 23.2. The van der Waals surface area contributed by atoms with Crippen molar-refractivity contribution in [1.82, 2.24) is 25.9 Å². The molecule has 1 saturated carbocycles. The third-order valence-corrected chi connectivity index (χ3v) is 7.16. The summed E-state index contributed by atoms with van der Waals surface area (Å²) in [5, 5.41) is 19.2. The second kappa shape index (κ2) is 10.8. The number of fused-ring (bicyclic) bond motifs is 1. The van der Waals surface area contributed by atoms with E-state index in [0.29, 0.717) is 63.3 Å². The summed E-state index contributed by atoms with van der Waals surface area (Å²) in [6.07, 6.45) is 7.09. The lowest BCUT2D eigenvalue weighted by Gasteiger charge is -2.24. The molecule has 212 valence electrons. The number of hydrogen-bond donors (Lipinski definition) is 4. The number of pyridine rings is 2. The molecule has 1 aliphatic heterocycles. The topological polar surface area (TPSA) is 101 Å². The van der Waals surface area contributed by atoms with E-state index in [9.17, 15) is 18.4 Å². The fraction of sp³-hybridized carbons (Fsp3) is 0.367. The highest BCUT2D eigenvalue weighted by molar-refractivity contribution is 5.99. The van der Waals surface area contributed by atoms with Gasteiger partial charge in [0.15, 0.2) is 0 Å². The van der Waals surface area contributed by atoms with Crippen LogP contribution in [0.25, 0.3) is 10.9 Å². The highest BCUT2D eigenvalue weighted by Crippen LogP contribution is 2.42. The first kappa shape index (κ1) is 28.1. The maximum atomic E-state index is 13.9. The smallest absolute Gasteiger partial charge is 0.243 e. The van der Waals surface area contributed by atoms with Gasteiger partial charge in [-0.1, -0.05) is 32.8 Å². The average molecular weight is 561 g/mol. The van der Waals surface area contributed by atoms with Crippen molar-refractivity contribution >= 4 is 22.3 Å². The molecule has 2 unspecified atom stereocenters. The van der Waals surface area contributed by atoms with Gasteiger partial charge >= 0.3 is 0 Å². The Labute approximate surface area is 237 Å². The van der Waals surface area contributed by atoms with Crippen LogP contribution < -0.4 is 21.6 Å². The fourth-order valence-corrected chi connectivity index (χ4v) is 4.92. The fourth-order valence-electron chi connectivity index (χ4n) is 4.92. The molecule has 0 amide bonds. The number of anilines is 2. The first-order valence-electron chi connectivity index (χ1n) is 13.3. The van der Waals surface area contributed by atoms with E-state index >= 15 is 0 Å². The van der Waals surface area contributed by atoms with E-state index in [4.69, 9.17) is 6.42 Å². The van der Waals surface area contributed by atoms with E-state index in [2.05, 4.69) is 64.3 Å². The summed E-state index contributed by atoms with van der Waals surface area (Å²) in [6, 6.07) is 7.73. The molecule has 1 aliphatic carbocycles. The second-order valence-corrected chi connectivity index (χ2v) is 11.6. The molecule has 0 radical (unpaired) electrons. The SMILES string of the molecule is C#Cc1cnc2c(C#N)cc(N[C@H](C3=CN(C4CC4C(F)F)NN3)c3ccc(F)nc3C)cc2c1NCC(C)(C)C. The van der Waals surface area contributed by atoms with Crippen molar-refractivity contribution in [3.05, 3.63) is 70.7 Å². The zero-order chi connectivity index (χ0) is 29.5. The van der Waals surface area contributed by atoms with Gasteiger partial charge in [0.1, 0.15) is 6.07 Å². The summed E-state index contributed by atoms with van der Waals surface area (Å²) in [5.74, 6) is 1.35. The van der Waals surface area contributed by atoms with E-state index in [0.717, 1.165) is 0 Å². The first-order valence-corrected chi connectivity index (χ1v) is 13.3. The Hall–Kier alpha value is -4.48. The van der Waals surface area contributed by atoms with E-state index in [1.54, 1.807) is 36.5 Å². The number of nitrogens with one attached hydrogen (secondary N) is 4. The van der Waals surface area contributed by atoms with Crippen molar-refractivity contribution < 1.29 is 13.2 Å². The van der Waals surface area contributed by atoms with E-state index in [-0.39, 0.29) is 11.5 Å². The molecule has 2 aliphatic rings. The Morgan fingerprint density at radius 1 is 1.24 bits per heavy atom. The molecular weight excluding hydrogens is 529 g/mol. The van der Waals surface area contributed by atoms with Crippen molar-refractivity contribution in [2.24, 2.45) is 11.3 Å². The van der Waals surface area contributed by atoms with Gasteiger partial charge in [0, 0.05) is 47.2 Å². The Balaban J connectivity index is 1.58. The highest BCUT2D eigenvalue weighted by Gasteiger charge is 2.48. The Kier molecular flexibility index (Phi) is 7.41. The molecule has 1 fully saturated rings. The van der Waals surface area contributed by atoms with Gasteiger partial charge in [0.25, 0.3) is 0 Å². The van der Waals surface area contributed by atoms with Crippen molar-refractivity contribution in [2.45, 2.75) is 52.6 Å². The maximum absolute atomic E-state index is 13.9. The van der Waals surface area contributed by atoms with Gasteiger partial charge in [-0.05, 0) is 37.0 Å².